The summed E-state index contributed by atoms with van der Waals surface area (Å²) in [5, 5.41) is 5.95. The van der Waals surface area contributed by atoms with Gasteiger partial charge in [-0.25, -0.2) is 15.0 Å². The van der Waals surface area contributed by atoms with Crippen LogP contribution < -0.4 is 14.8 Å². The lowest BCUT2D eigenvalue weighted by atomic mass is 10.1. The van der Waals surface area contributed by atoms with Crippen molar-refractivity contribution in [3.05, 3.63) is 72.4 Å². The summed E-state index contributed by atoms with van der Waals surface area (Å²) in [6.45, 7) is 0. The van der Waals surface area contributed by atoms with Gasteiger partial charge in [-0.15, -0.1) is 24.5 Å². The zero-order valence-electron chi connectivity index (χ0n) is 18.1. The van der Waals surface area contributed by atoms with Gasteiger partial charge in [0.15, 0.2) is 11.0 Å². The first-order chi connectivity index (χ1) is 16.9. The molecule has 0 saturated carbocycles. The standard InChI is InChI=1S/C24H16F3N5O2S/c1-33-15-8-9-18-17(11-15)22(31-21(29-18)14-5-4-10-28-12-14)32-23-30-19(13-35-23)16-6-2-3-7-20(16)34-24(25,26)27/h2-13H,1H3,(H,29,30,31,32). The third-order valence-electron chi connectivity index (χ3n) is 4.94. The monoisotopic (exact) mass is 495 g/mol. The molecule has 0 aliphatic rings. The number of benzene rings is 2. The van der Waals surface area contributed by atoms with Gasteiger partial charge in [0.1, 0.15) is 17.3 Å². The molecule has 3 aromatic heterocycles. The molecule has 35 heavy (non-hydrogen) atoms. The first-order valence-electron chi connectivity index (χ1n) is 10.2. The molecule has 11 heteroatoms. The molecule has 5 rings (SSSR count). The number of ether oxygens (including phenoxy) is 2. The molecule has 0 aliphatic heterocycles. The number of fused-ring (bicyclic) bond motifs is 1. The fourth-order valence-electron chi connectivity index (χ4n) is 3.40. The largest absolute Gasteiger partial charge is 0.573 e. The van der Waals surface area contributed by atoms with Crippen LogP contribution in [0.15, 0.2) is 72.4 Å². The second-order valence-corrected chi connectivity index (χ2v) is 8.09. The minimum Gasteiger partial charge on any atom is -0.497 e. The molecule has 176 valence electrons. The number of hydrogen-bond donors (Lipinski definition) is 1. The van der Waals surface area contributed by atoms with E-state index in [4.69, 9.17) is 4.74 Å². The highest BCUT2D eigenvalue weighted by Crippen LogP contribution is 2.36. The van der Waals surface area contributed by atoms with E-state index < -0.39 is 6.36 Å². The molecule has 0 spiro atoms. The van der Waals surface area contributed by atoms with E-state index in [1.54, 1.807) is 49.1 Å². The predicted octanol–water partition coefficient (Wildman–Crippen LogP) is 6.47. The fraction of sp³-hybridized carbons (Fsp3) is 0.0833. The number of pyridine rings is 1. The lowest BCUT2D eigenvalue weighted by molar-refractivity contribution is -0.274. The van der Waals surface area contributed by atoms with Gasteiger partial charge in [-0.2, -0.15) is 0 Å². The van der Waals surface area contributed by atoms with Crippen LogP contribution in [0.25, 0.3) is 33.5 Å². The van der Waals surface area contributed by atoms with Gasteiger partial charge in [0, 0.05) is 34.3 Å². The van der Waals surface area contributed by atoms with Crippen LogP contribution in [0, 0.1) is 0 Å². The average Bonchev–Trinajstić information content (AvgIpc) is 3.32. The van der Waals surface area contributed by atoms with E-state index in [-0.39, 0.29) is 11.3 Å². The van der Waals surface area contributed by atoms with Crippen LogP contribution >= 0.6 is 11.3 Å². The lowest BCUT2D eigenvalue weighted by Gasteiger charge is -2.12. The van der Waals surface area contributed by atoms with Crippen LogP contribution in [0.4, 0.5) is 24.1 Å². The summed E-state index contributed by atoms with van der Waals surface area (Å²) >= 11 is 1.22. The molecule has 0 atom stereocenters. The second kappa shape index (κ2) is 9.18. The molecule has 0 aliphatic carbocycles. The van der Waals surface area contributed by atoms with E-state index in [2.05, 4.69) is 30.0 Å². The summed E-state index contributed by atoms with van der Waals surface area (Å²) in [7, 11) is 1.56. The molecule has 0 radical (unpaired) electrons. The number of nitrogens with zero attached hydrogens (tertiary/aromatic N) is 4. The van der Waals surface area contributed by atoms with Crippen molar-refractivity contribution in [1.29, 1.82) is 0 Å². The van der Waals surface area contributed by atoms with Gasteiger partial charge < -0.3 is 14.8 Å². The van der Waals surface area contributed by atoms with Crippen molar-refractivity contribution < 1.29 is 22.6 Å². The Morgan fingerprint density at radius 3 is 2.60 bits per heavy atom. The van der Waals surface area contributed by atoms with Crippen LogP contribution in [0.5, 0.6) is 11.5 Å². The van der Waals surface area contributed by atoms with Crippen molar-refractivity contribution in [2.75, 3.05) is 12.4 Å². The molecule has 0 amide bonds. The lowest BCUT2D eigenvalue weighted by Crippen LogP contribution is -2.17. The van der Waals surface area contributed by atoms with E-state index in [0.29, 0.717) is 39.1 Å². The van der Waals surface area contributed by atoms with E-state index in [9.17, 15) is 13.2 Å². The minimum absolute atomic E-state index is 0.222. The van der Waals surface area contributed by atoms with Gasteiger partial charge in [-0.3, -0.25) is 4.98 Å². The summed E-state index contributed by atoms with van der Waals surface area (Å²) in [6.07, 6.45) is -1.49. The first-order valence-corrected chi connectivity index (χ1v) is 11.1. The van der Waals surface area contributed by atoms with Gasteiger partial charge in [0.2, 0.25) is 0 Å². The molecule has 0 saturated heterocycles. The van der Waals surface area contributed by atoms with Gasteiger partial charge >= 0.3 is 6.36 Å². The number of thiazole rings is 1. The van der Waals surface area contributed by atoms with Crippen molar-refractivity contribution >= 4 is 33.2 Å². The summed E-state index contributed by atoms with van der Waals surface area (Å²) in [5.74, 6) is 1.22. The summed E-state index contributed by atoms with van der Waals surface area (Å²) < 4.78 is 48.0. The van der Waals surface area contributed by atoms with Crippen molar-refractivity contribution in [2.45, 2.75) is 6.36 Å². The Kier molecular flexibility index (Phi) is 5.91. The summed E-state index contributed by atoms with van der Waals surface area (Å²) in [5.41, 5.74) is 1.95. The average molecular weight is 495 g/mol. The smallest absolute Gasteiger partial charge is 0.497 e. The molecular formula is C24H16F3N5O2S. The van der Waals surface area contributed by atoms with Crippen LogP contribution in [0.3, 0.4) is 0 Å². The highest BCUT2D eigenvalue weighted by molar-refractivity contribution is 7.14. The number of aromatic nitrogens is 4. The predicted molar refractivity (Wildman–Crippen MR) is 127 cm³/mol. The van der Waals surface area contributed by atoms with Crippen molar-refractivity contribution in [2.24, 2.45) is 0 Å². The number of para-hydroxylation sites is 1. The highest BCUT2D eigenvalue weighted by atomic mass is 32.1. The van der Waals surface area contributed by atoms with E-state index in [1.807, 2.05) is 12.1 Å². The quantitative estimate of drug-likeness (QED) is 0.289. The van der Waals surface area contributed by atoms with Crippen LogP contribution in [-0.2, 0) is 0 Å². The Hall–Kier alpha value is -4.25. The van der Waals surface area contributed by atoms with Gasteiger partial charge in [0.05, 0.1) is 18.3 Å². The number of nitrogens with one attached hydrogen (secondary N) is 1. The number of anilines is 2. The Balaban J connectivity index is 1.54. The van der Waals surface area contributed by atoms with Gasteiger partial charge in [-0.05, 0) is 42.5 Å². The van der Waals surface area contributed by atoms with Crippen molar-refractivity contribution in [3.63, 3.8) is 0 Å². The first kappa shape index (κ1) is 22.5. The van der Waals surface area contributed by atoms with Crippen molar-refractivity contribution in [1.82, 2.24) is 19.9 Å². The minimum atomic E-state index is -4.81. The third-order valence-corrected chi connectivity index (χ3v) is 5.70. The van der Waals surface area contributed by atoms with Gasteiger partial charge in [-0.1, -0.05) is 12.1 Å². The topological polar surface area (TPSA) is 82.1 Å². The Morgan fingerprint density at radius 1 is 0.971 bits per heavy atom. The van der Waals surface area contributed by atoms with E-state index >= 15 is 0 Å². The zero-order chi connectivity index (χ0) is 24.4. The number of alkyl halides is 3. The number of methoxy groups -OCH3 is 1. The maximum atomic E-state index is 12.8. The summed E-state index contributed by atoms with van der Waals surface area (Å²) in [4.78, 5) is 17.9. The number of hydrogen-bond acceptors (Lipinski definition) is 8. The van der Waals surface area contributed by atoms with Crippen LogP contribution in [-0.4, -0.2) is 33.4 Å². The molecule has 0 bridgehead atoms. The number of rotatable bonds is 6. The Bertz CT molecular complexity index is 1490. The molecule has 5 aromatic rings. The van der Waals surface area contributed by atoms with Crippen LogP contribution in [0.1, 0.15) is 0 Å². The van der Waals surface area contributed by atoms with Crippen LogP contribution in [0.2, 0.25) is 0 Å². The second-order valence-electron chi connectivity index (χ2n) is 7.23. The zero-order valence-corrected chi connectivity index (χ0v) is 18.9. The van der Waals surface area contributed by atoms with E-state index in [0.717, 1.165) is 5.56 Å². The van der Waals surface area contributed by atoms with E-state index in [1.165, 1.54) is 29.5 Å². The summed E-state index contributed by atoms with van der Waals surface area (Å²) in [6, 6.07) is 14.9. The normalized spacial score (nSPS) is 11.4. The third kappa shape index (κ3) is 4.99. The van der Waals surface area contributed by atoms with Crippen molar-refractivity contribution in [3.8, 4) is 34.1 Å². The molecule has 7 nitrogen and oxygen atoms in total. The number of halogens is 3. The molecule has 0 fully saturated rings. The molecular weight excluding hydrogens is 479 g/mol. The maximum absolute atomic E-state index is 12.8. The fourth-order valence-corrected chi connectivity index (χ4v) is 4.11. The molecule has 2 aromatic carbocycles. The SMILES string of the molecule is COc1ccc2nc(-c3cccnc3)nc(Nc3nc(-c4ccccc4OC(F)(F)F)cs3)c2c1. The molecule has 1 N–H and O–H groups in total. The molecule has 0 unspecified atom stereocenters. The highest BCUT2D eigenvalue weighted by Gasteiger charge is 2.32. The maximum Gasteiger partial charge on any atom is 0.573 e. The molecule has 3 heterocycles. The Labute approximate surface area is 201 Å². The Morgan fingerprint density at radius 2 is 1.83 bits per heavy atom. The van der Waals surface area contributed by atoms with Gasteiger partial charge in [0.25, 0.3) is 0 Å².